The maximum Gasteiger partial charge on any atom is 0.227 e. The molecular formula is C23H28N4O. The molecule has 0 amide bonds. The molecule has 0 unspecified atom stereocenters. The van der Waals surface area contributed by atoms with Gasteiger partial charge in [0.05, 0.1) is 12.8 Å². The highest BCUT2D eigenvalue weighted by atomic mass is 16.5. The normalized spacial score (nSPS) is 10.5. The summed E-state index contributed by atoms with van der Waals surface area (Å²) in [6.45, 7) is 3.82. The maximum absolute atomic E-state index is 5.22. The van der Waals surface area contributed by atoms with Gasteiger partial charge in [-0.3, -0.25) is 0 Å². The molecule has 2 aromatic carbocycles. The molecule has 1 heterocycles. The van der Waals surface area contributed by atoms with Crippen LogP contribution < -0.4 is 15.0 Å². The summed E-state index contributed by atoms with van der Waals surface area (Å²) in [5, 5.41) is 3.44. The molecule has 0 saturated carbocycles. The number of benzene rings is 2. The topological polar surface area (TPSA) is 50.3 Å². The van der Waals surface area contributed by atoms with E-state index in [9.17, 15) is 0 Å². The summed E-state index contributed by atoms with van der Waals surface area (Å²) in [6.07, 6.45) is 2.26. The van der Waals surface area contributed by atoms with Crippen LogP contribution in [0.25, 0.3) is 11.3 Å². The van der Waals surface area contributed by atoms with Gasteiger partial charge in [-0.25, -0.2) is 4.98 Å². The molecule has 28 heavy (non-hydrogen) atoms. The molecule has 1 N–H and O–H groups in total. The Morgan fingerprint density at radius 3 is 2.43 bits per heavy atom. The first-order chi connectivity index (χ1) is 13.7. The van der Waals surface area contributed by atoms with Gasteiger partial charge in [0.2, 0.25) is 5.95 Å². The molecule has 3 aromatic rings. The third-order valence-corrected chi connectivity index (χ3v) is 4.61. The number of hydrogen-bond donors (Lipinski definition) is 1. The van der Waals surface area contributed by atoms with Gasteiger partial charge in [-0.15, -0.1) is 0 Å². The van der Waals surface area contributed by atoms with E-state index in [2.05, 4.69) is 41.4 Å². The monoisotopic (exact) mass is 376 g/mol. The second-order valence-electron chi connectivity index (χ2n) is 6.78. The molecule has 5 nitrogen and oxygen atoms in total. The quantitative estimate of drug-likeness (QED) is 0.569. The molecule has 0 saturated heterocycles. The van der Waals surface area contributed by atoms with Gasteiger partial charge in [0.15, 0.2) is 0 Å². The number of rotatable bonds is 9. The van der Waals surface area contributed by atoms with Crippen LogP contribution in [0.2, 0.25) is 0 Å². The summed E-state index contributed by atoms with van der Waals surface area (Å²) in [4.78, 5) is 11.7. The first kappa shape index (κ1) is 19.7. The van der Waals surface area contributed by atoms with Crippen LogP contribution in [-0.2, 0) is 6.54 Å². The maximum atomic E-state index is 5.22. The van der Waals surface area contributed by atoms with Gasteiger partial charge in [0.1, 0.15) is 11.6 Å². The number of methoxy groups -OCH3 is 1. The lowest BCUT2D eigenvalue weighted by Crippen LogP contribution is -2.21. The standard InChI is InChI=1S/C23H28N4O/c1-4-5-15-27(2)23-25-21(19-9-7-6-8-10-19)16-22(26-23)24-17-18-11-13-20(28-3)14-12-18/h6-14,16H,4-5,15,17H2,1-3H3,(H,24,25,26). The summed E-state index contributed by atoms with van der Waals surface area (Å²) >= 11 is 0. The van der Waals surface area contributed by atoms with Crippen molar-refractivity contribution < 1.29 is 4.74 Å². The molecule has 0 bridgehead atoms. The fourth-order valence-corrected chi connectivity index (χ4v) is 2.88. The molecule has 146 valence electrons. The van der Waals surface area contributed by atoms with Crippen LogP contribution in [0.5, 0.6) is 5.75 Å². The number of nitrogens with one attached hydrogen (secondary N) is 1. The van der Waals surface area contributed by atoms with Gasteiger partial charge in [0.25, 0.3) is 0 Å². The van der Waals surface area contributed by atoms with Crippen LogP contribution in [0.3, 0.4) is 0 Å². The van der Waals surface area contributed by atoms with E-state index in [1.807, 2.05) is 43.4 Å². The minimum Gasteiger partial charge on any atom is -0.497 e. The third kappa shape index (κ3) is 5.22. The molecule has 0 atom stereocenters. The lowest BCUT2D eigenvalue weighted by atomic mass is 10.1. The fourth-order valence-electron chi connectivity index (χ4n) is 2.88. The summed E-state index contributed by atoms with van der Waals surface area (Å²) in [5.41, 5.74) is 3.18. The minimum atomic E-state index is 0.688. The van der Waals surface area contributed by atoms with E-state index in [0.717, 1.165) is 48.2 Å². The zero-order chi connectivity index (χ0) is 19.8. The van der Waals surface area contributed by atoms with E-state index in [1.54, 1.807) is 7.11 Å². The van der Waals surface area contributed by atoms with E-state index in [-0.39, 0.29) is 0 Å². The van der Waals surface area contributed by atoms with Gasteiger partial charge >= 0.3 is 0 Å². The Morgan fingerprint density at radius 1 is 1.00 bits per heavy atom. The average molecular weight is 377 g/mol. The molecule has 5 heteroatoms. The number of unbranched alkanes of at least 4 members (excludes halogenated alkanes) is 1. The summed E-state index contributed by atoms with van der Waals surface area (Å²) in [5.74, 6) is 2.42. The van der Waals surface area contributed by atoms with Crippen molar-refractivity contribution in [1.82, 2.24) is 9.97 Å². The van der Waals surface area contributed by atoms with Crippen molar-refractivity contribution in [2.24, 2.45) is 0 Å². The predicted octanol–water partition coefficient (Wildman–Crippen LogP) is 5.00. The van der Waals surface area contributed by atoms with Crippen LogP contribution in [-0.4, -0.2) is 30.7 Å². The minimum absolute atomic E-state index is 0.688. The number of anilines is 2. The van der Waals surface area contributed by atoms with Crippen molar-refractivity contribution in [3.8, 4) is 17.0 Å². The smallest absolute Gasteiger partial charge is 0.227 e. The summed E-state index contributed by atoms with van der Waals surface area (Å²) in [6, 6.07) is 20.3. The second-order valence-corrected chi connectivity index (χ2v) is 6.78. The van der Waals surface area contributed by atoms with Crippen molar-refractivity contribution >= 4 is 11.8 Å². The SMILES string of the molecule is CCCCN(C)c1nc(NCc2ccc(OC)cc2)cc(-c2ccccc2)n1. The van der Waals surface area contributed by atoms with Gasteiger partial charge in [-0.2, -0.15) is 4.98 Å². The van der Waals surface area contributed by atoms with Crippen molar-refractivity contribution in [3.05, 3.63) is 66.2 Å². The van der Waals surface area contributed by atoms with E-state index in [4.69, 9.17) is 14.7 Å². The van der Waals surface area contributed by atoms with Gasteiger partial charge in [0, 0.05) is 31.8 Å². The van der Waals surface area contributed by atoms with Crippen molar-refractivity contribution in [2.75, 3.05) is 30.9 Å². The first-order valence-corrected chi connectivity index (χ1v) is 9.72. The largest absolute Gasteiger partial charge is 0.497 e. The Labute approximate surface area is 167 Å². The van der Waals surface area contributed by atoms with Gasteiger partial charge in [-0.05, 0) is 24.1 Å². The van der Waals surface area contributed by atoms with Gasteiger partial charge in [-0.1, -0.05) is 55.8 Å². The molecular weight excluding hydrogens is 348 g/mol. The lowest BCUT2D eigenvalue weighted by Gasteiger charge is -2.19. The first-order valence-electron chi connectivity index (χ1n) is 9.72. The van der Waals surface area contributed by atoms with Crippen LogP contribution in [0, 0.1) is 0 Å². The zero-order valence-corrected chi connectivity index (χ0v) is 16.9. The molecule has 0 radical (unpaired) electrons. The average Bonchev–Trinajstić information content (AvgIpc) is 2.76. The Bertz CT molecular complexity index is 866. The molecule has 0 fully saturated rings. The van der Waals surface area contributed by atoms with Crippen LogP contribution in [0.1, 0.15) is 25.3 Å². The number of nitrogens with zero attached hydrogens (tertiary/aromatic N) is 3. The molecule has 0 aliphatic carbocycles. The Morgan fingerprint density at radius 2 is 1.75 bits per heavy atom. The number of aromatic nitrogens is 2. The van der Waals surface area contributed by atoms with Gasteiger partial charge < -0.3 is 15.0 Å². The van der Waals surface area contributed by atoms with E-state index in [0.29, 0.717) is 6.54 Å². The predicted molar refractivity (Wildman–Crippen MR) is 116 cm³/mol. The summed E-state index contributed by atoms with van der Waals surface area (Å²) in [7, 11) is 3.73. The zero-order valence-electron chi connectivity index (χ0n) is 16.9. The van der Waals surface area contributed by atoms with Crippen LogP contribution in [0.15, 0.2) is 60.7 Å². The highest BCUT2D eigenvalue weighted by Crippen LogP contribution is 2.23. The van der Waals surface area contributed by atoms with E-state index >= 15 is 0 Å². The van der Waals surface area contributed by atoms with Crippen molar-refractivity contribution in [1.29, 1.82) is 0 Å². The second kappa shape index (κ2) is 9.74. The fraction of sp³-hybridized carbons (Fsp3) is 0.304. The number of hydrogen-bond acceptors (Lipinski definition) is 5. The Hall–Kier alpha value is -3.08. The molecule has 3 rings (SSSR count). The third-order valence-electron chi connectivity index (χ3n) is 4.61. The van der Waals surface area contributed by atoms with Crippen molar-refractivity contribution in [3.63, 3.8) is 0 Å². The van der Waals surface area contributed by atoms with Crippen LogP contribution >= 0.6 is 0 Å². The Kier molecular flexibility index (Phi) is 6.84. The highest BCUT2D eigenvalue weighted by molar-refractivity contribution is 5.64. The van der Waals surface area contributed by atoms with E-state index in [1.165, 1.54) is 5.56 Å². The molecule has 1 aromatic heterocycles. The number of ether oxygens (including phenoxy) is 1. The van der Waals surface area contributed by atoms with E-state index < -0.39 is 0 Å². The molecule has 0 spiro atoms. The Balaban J connectivity index is 1.83. The van der Waals surface area contributed by atoms with Crippen LogP contribution in [0.4, 0.5) is 11.8 Å². The molecule has 0 aliphatic heterocycles. The summed E-state index contributed by atoms with van der Waals surface area (Å²) < 4.78 is 5.22. The lowest BCUT2D eigenvalue weighted by molar-refractivity contribution is 0.414. The highest BCUT2D eigenvalue weighted by Gasteiger charge is 2.10. The molecule has 0 aliphatic rings. The van der Waals surface area contributed by atoms with Crippen molar-refractivity contribution in [2.45, 2.75) is 26.3 Å².